The van der Waals surface area contributed by atoms with Gasteiger partial charge in [-0.25, -0.2) is 13.2 Å². The van der Waals surface area contributed by atoms with Crippen LogP contribution in [0, 0.1) is 0 Å². The maximum Gasteiger partial charge on any atom is 0.330 e. The molecular formula is C14H17N3O4S2. The van der Waals surface area contributed by atoms with E-state index in [1.165, 1.54) is 41.2 Å². The lowest BCUT2D eigenvalue weighted by Crippen LogP contribution is -2.40. The van der Waals surface area contributed by atoms with Crippen LogP contribution in [0.15, 0.2) is 50.0 Å². The molecular weight excluding hydrogens is 338 g/mol. The third-order valence-electron chi connectivity index (χ3n) is 3.39. The van der Waals surface area contributed by atoms with Gasteiger partial charge in [-0.05, 0) is 11.4 Å². The van der Waals surface area contributed by atoms with E-state index in [-0.39, 0.29) is 17.3 Å². The second kappa shape index (κ2) is 6.65. The van der Waals surface area contributed by atoms with E-state index in [0.717, 1.165) is 15.9 Å². The lowest BCUT2D eigenvalue weighted by Gasteiger charge is -2.21. The predicted octanol–water partition coefficient (Wildman–Crippen LogP) is 0.522. The molecule has 0 radical (unpaired) electrons. The van der Waals surface area contributed by atoms with Crippen molar-refractivity contribution >= 4 is 21.4 Å². The Kier molecular flexibility index (Phi) is 5.03. The van der Waals surface area contributed by atoms with Crippen LogP contribution in [0.25, 0.3) is 0 Å². The number of nitrogens with zero attached hydrogens (tertiary/aromatic N) is 3. The first-order chi connectivity index (χ1) is 10.8. The first-order valence-corrected chi connectivity index (χ1v) is 9.01. The summed E-state index contributed by atoms with van der Waals surface area (Å²) in [5.74, 6) is 0. The molecule has 0 saturated heterocycles. The Morgan fingerprint density at radius 1 is 1.30 bits per heavy atom. The van der Waals surface area contributed by atoms with Crippen molar-refractivity contribution in [3.63, 3.8) is 0 Å². The summed E-state index contributed by atoms with van der Waals surface area (Å²) >= 11 is 1.11. The van der Waals surface area contributed by atoms with Gasteiger partial charge in [-0.1, -0.05) is 12.1 Å². The van der Waals surface area contributed by atoms with Gasteiger partial charge < -0.3 is 0 Å². The Labute approximate surface area is 137 Å². The molecule has 0 saturated carbocycles. The number of sulfonamides is 1. The summed E-state index contributed by atoms with van der Waals surface area (Å²) in [6, 6.07) is 4.43. The molecule has 0 amide bonds. The highest BCUT2D eigenvalue weighted by molar-refractivity contribution is 7.91. The number of thiophene rings is 1. The Morgan fingerprint density at radius 3 is 2.57 bits per heavy atom. The van der Waals surface area contributed by atoms with Crippen molar-refractivity contribution in [2.45, 2.75) is 10.8 Å². The lowest BCUT2D eigenvalue weighted by molar-refractivity contribution is 0.424. The van der Waals surface area contributed by atoms with E-state index in [1.807, 2.05) is 0 Å². The summed E-state index contributed by atoms with van der Waals surface area (Å²) in [6.45, 7) is 3.56. The SMILES string of the molecule is C=CCN(Cc1cc(=O)n(C)c(=O)n1C)S(=O)(=O)c1cccs1. The first kappa shape index (κ1) is 17.4. The Balaban J connectivity index is 2.48. The molecule has 2 aromatic heterocycles. The van der Waals surface area contributed by atoms with Crippen LogP contribution in [0.4, 0.5) is 0 Å². The summed E-state index contributed by atoms with van der Waals surface area (Å²) in [4.78, 5) is 23.8. The molecule has 0 unspecified atom stereocenters. The molecule has 2 rings (SSSR count). The summed E-state index contributed by atoms with van der Waals surface area (Å²) in [7, 11) is -0.840. The minimum atomic E-state index is -3.71. The first-order valence-electron chi connectivity index (χ1n) is 6.69. The van der Waals surface area contributed by atoms with E-state index in [9.17, 15) is 18.0 Å². The largest absolute Gasteiger partial charge is 0.330 e. The highest BCUT2D eigenvalue weighted by Gasteiger charge is 2.25. The third kappa shape index (κ3) is 3.36. The van der Waals surface area contributed by atoms with Crippen LogP contribution in [0.3, 0.4) is 0 Å². The highest BCUT2D eigenvalue weighted by atomic mass is 32.2. The van der Waals surface area contributed by atoms with Gasteiger partial charge in [0.2, 0.25) is 0 Å². The summed E-state index contributed by atoms with van der Waals surface area (Å²) < 4.78 is 28.9. The fourth-order valence-electron chi connectivity index (χ4n) is 2.04. The molecule has 0 aliphatic carbocycles. The van der Waals surface area contributed by atoms with Crippen molar-refractivity contribution < 1.29 is 8.42 Å². The van der Waals surface area contributed by atoms with Crippen LogP contribution in [0.1, 0.15) is 5.69 Å². The predicted molar refractivity (Wildman–Crippen MR) is 89.0 cm³/mol. The normalized spacial score (nSPS) is 11.8. The molecule has 124 valence electrons. The molecule has 0 aromatic carbocycles. The number of hydrogen-bond acceptors (Lipinski definition) is 5. The fourth-order valence-corrected chi connectivity index (χ4v) is 4.57. The maximum atomic E-state index is 12.7. The van der Waals surface area contributed by atoms with E-state index in [1.54, 1.807) is 11.4 Å². The van der Waals surface area contributed by atoms with Crippen LogP contribution < -0.4 is 11.2 Å². The topological polar surface area (TPSA) is 81.4 Å². The van der Waals surface area contributed by atoms with E-state index >= 15 is 0 Å². The molecule has 23 heavy (non-hydrogen) atoms. The van der Waals surface area contributed by atoms with Gasteiger partial charge in [0.15, 0.2) is 0 Å². The average Bonchev–Trinajstić information content (AvgIpc) is 3.05. The highest BCUT2D eigenvalue weighted by Crippen LogP contribution is 2.22. The second-order valence-corrected chi connectivity index (χ2v) is 8.01. The number of hydrogen-bond donors (Lipinski definition) is 0. The molecule has 0 fully saturated rings. The van der Waals surface area contributed by atoms with Crippen molar-refractivity contribution in [2.24, 2.45) is 14.1 Å². The van der Waals surface area contributed by atoms with Gasteiger partial charge in [0.1, 0.15) is 4.21 Å². The van der Waals surface area contributed by atoms with Gasteiger partial charge in [0.25, 0.3) is 15.6 Å². The molecule has 0 bridgehead atoms. The van der Waals surface area contributed by atoms with E-state index < -0.39 is 21.3 Å². The average molecular weight is 355 g/mol. The zero-order valence-electron chi connectivity index (χ0n) is 12.8. The van der Waals surface area contributed by atoms with Crippen molar-refractivity contribution in [2.75, 3.05) is 6.54 Å². The molecule has 0 N–H and O–H groups in total. The summed E-state index contributed by atoms with van der Waals surface area (Å²) in [5.41, 5.74) is -0.658. The van der Waals surface area contributed by atoms with Crippen molar-refractivity contribution in [3.05, 3.63) is 62.8 Å². The monoisotopic (exact) mass is 355 g/mol. The third-order valence-corrected chi connectivity index (χ3v) is 6.57. The van der Waals surface area contributed by atoms with E-state index in [0.29, 0.717) is 5.69 Å². The van der Waals surface area contributed by atoms with Gasteiger partial charge in [0.05, 0.1) is 6.54 Å². The van der Waals surface area contributed by atoms with Crippen LogP contribution >= 0.6 is 11.3 Å². The zero-order chi connectivity index (χ0) is 17.2. The van der Waals surface area contributed by atoms with E-state index in [2.05, 4.69) is 6.58 Å². The Bertz CT molecular complexity index is 924. The standard InChI is InChI=1S/C14H17N3O4S2/c1-4-7-17(23(20,21)13-6-5-8-22-13)10-11-9-12(18)16(3)14(19)15(11)2/h4-6,8-9H,1,7,10H2,2-3H3. The van der Waals surface area contributed by atoms with Gasteiger partial charge >= 0.3 is 5.69 Å². The molecule has 2 aromatic rings. The van der Waals surface area contributed by atoms with Gasteiger partial charge in [0, 0.05) is 32.4 Å². The molecule has 9 heteroatoms. The smallest absolute Gasteiger partial charge is 0.299 e. The van der Waals surface area contributed by atoms with Gasteiger partial charge in [-0.2, -0.15) is 4.31 Å². The molecule has 0 aliphatic rings. The maximum absolute atomic E-state index is 12.7. The molecule has 7 nitrogen and oxygen atoms in total. The van der Waals surface area contributed by atoms with Crippen LogP contribution in [0.2, 0.25) is 0 Å². The lowest BCUT2D eigenvalue weighted by atomic mass is 10.3. The van der Waals surface area contributed by atoms with Gasteiger partial charge in [-0.15, -0.1) is 17.9 Å². The number of rotatable bonds is 6. The quantitative estimate of drug-likeness (QED) is 0.708. The molecule has 0 atom stereocenters. The summed E-state index contributed by atoms with van der Waals surface area (Å²) in [5, 5.41) is 1.67. The van der Waals surface area contributed by atoms with E-state index in [4.69, 9.17) is 0 Å². The molecule has 0 spiro atoms. The van der Waals surface area contributed by atoms with Crippen molar-refractivity contribution in [1.29, 1.82) is 0 Å². The fraction of sp³-hybridized carbons (Fsp3) is 0.286. The Hall–Kier alpha value is -1.97. The van der Waals surface area contributed by atoms with Gasteiger partial charge in [-0.3, -0.25) is 13.9 Å². The second-order valence-electron chi connectivity index (χ2n) is 4.89. The minimum absolute atomic E-state index is 0.0730. The summed E-state index contributed by atoms with van der Waals surface area (Å²) in [6.07, 6.45) is 1.46. The number of aromatic nitrogens is 2. The van der Waals surface area contributed by atoms with Crippen LogP contribution in [-0.4, -0.2) is 28.4 Å². The van der Waals surface area contributed by atoms with Crippen molar-refractivity contribution in [3.8, 4) is 0 Å². The zero-order valence-corrected chi connectivity index (χ0v) is 14.4. The van der Waals surface area contributed by atoms with Crippen LogP contribution in [-0.2, 0) is 30.7 Å². The molecule has 0 aliphatic heterocycles. The Morgan fingerprint density at radius 2 is 2.00 bits per heavy atom. The van der Waals surface area contributed by atoms with Crippen LogP contribution in [0.5, 0.6) is 0 Å². The van der Waals surface area contributed by atoms with Crippen molar-refractivity contribution in [1.82, 2.24) is 13.4 Å². The minimum Gasteiger partial charge on any atom is -0.299 e. The molecule has 2 heterocycles.